The van der Waals surface area contributed by atoms with E-state index in [0.717, 1.165) is 76.7 Å². The van der Waals surface area contributed by atoms with Crippen molar-refractivity contribution in [1.82, 2.24) is 9.80 Å². The highest BCUT2D eigenvalue weighted by Crippen LogP contribution is 2.40. The van der Waals surface area contributed by atoms with Gasteiger partial charge in [0.25, 0.3) is 6.61 Å². The van der Waals surface area contributed by atoms with E-state index >= 15 is 0 Å². The van der Waals surface area contributed by atoms with Crippen LogP contribution in [0.15, 0.2) is 65.4 Å². The summed E-state index contributed by atoms with van der Waals surface area (Å²) in [4.78, 5) is 4.89. The van der Waals surface area contributed by atoms with Crippen LogP contribution in [0.25, 0.3) is 5.57 Å². The van der Waals surface area contributed by atoms with E-state index in [9.17, 15) is 5.26 Å². The van der Waals surface area contributed by atoms with Gasteiger partial charge in [0.1, 0.15) is 0 Å². The Labute approximate surface area is 183 Å². The van der Waals surface area contributed by atoms with Crippen molar-refractivity contribution < 1.29 is 9.16 Å². The number of hydrogen-bond donors (Lipinski definition) is 0. The summed E-state index contributed by atoms with van der Waals surface area (Å²) >= 11 is 0. The molecule has 31 heavy (non-hydrogen) atoms. The number of ether oxygens (including phenoxy) is 1. The molecule has 0 saturated carbocycles. The number of allylic oxidation sites excluding steroid dienone is 4. The third kappa shape index (κ3) is 4.27. The van der Waals surface area contributed by atoms with Gasteiger partial charge in [0.15, 0.2) is 0 Å². The van der Waals surface area contributed by atoms with Crippen LogP contribution in [-0.4, -0.2) is 68.1 Å². The van der Waals surface area contributed by atoms with Crippen molar-refractivity contribution in [1.29, 1.82) is 5.26 Å². The number of fused-ring (bicyclic) bond motifs is 3. The van der Waals surface area contributed by atoms with E-state index in [1.807, 2.05) is 18.2 Å². The van der Waals surface area contributed by atoms with Crippen molar-refractivity contribution in [2.24, 2.45) is 0 Å². The van der Waals surface area contributed by atoms with Gasteiger partial charge in [-0.25, -0.2) is 0 Å². The molecule has 0 unspecified atom stereocenters. The lowest BCUT2D eigenvalue weighted by Crippen LogP contribution is -2.37. The van der Waals surface area contributed by atoms with Crippen LogP contribution in [0.5, 0.6) is 0 Å². The third-order valence-electron chi connectivity index (χ3n) is 6.35. The topological polar surface area (TPSA) is 50.8 Å². The van der Waals surface area contributed by atoms with E-state index in [0.29, 0.717) is 5.56 Å². The summed E-state index contributed by atoms with van der Waals surface area (Å²) in [6.07, 6.45) is 10.9. The average Bonchev–Trinajstić information content (AvgIpc) is 3.31. The molecule has 1 aromatic rings. The second kappa shape index (κ2) is 9.05. The second-order valence-electron chi connectivity index (χ2n) is 8.33. The molecule has 5 rings (SSSR count). The fourth-order valence-corrected chi connectivity index (χ4v) is 4.74. The number of nitriles is 1. The predicted octanol–water partition coefficient (Wildman–Crippen LogP) is 3.24. The summed E-state index contributed by atoms with van der Waals surface area (Å²) in [5, 5.41) is 9.32. The Kier molecular flexibility index (Phi) is 5.84. The number of morpholine rings is 1. The highest BCUT2D eigenvalue weighted by Gasteiger charge is 2.32. The van der Waals surface area contributed by atoms with Crippen LogP contribution in [0.4, 0.5) is 0 Å². The summed E-state index contributed by atoms with van der Waals surface area (Å²) in [7, 11) is 0. The summed E-state index contributed by atoms with van der Waals surface area (Å²) in [5.41, 5.74) is 6.92. The SMILES string of the molecule is N#Cc1cccc(C2=C3C=CC(=[O+]CCCN4CCOCC4)C=C3C3=CCCN3C2)c1. The number of ketones is 1. The molecule has 0 spiro atoms. The Morgan fingerprint density at radius 3 is 2.90 bits per heavy atom. The van der Waals surface area contributed by atoms with E-state index < -0.39 is 0 Å². The highest BCUT2D eigenvalue weighted by molar-refractivity contribution is 6.05. The molecule has 0 N–H and O–H groups in total. The Balaban J connectivity index is 1.37. The molecule has 4 aliphatic rings. The lowest BCUT2D eigenvalue weighted by atomic mass is 9.85. The second-order valence-corrected chi connectivity index (χ2v) is 8.33. The van der Waals surface area contributed by atoms with Gasteiger partial charge in [0.05, 0.1) is 30.9 Å². The minimum absolute atomic E-state index is 0.703. The zero-order valence-corrected chi connectivity index (χ0v) is 17.8. The monoisotopic (exact) mass is 414 g/mol. The van der Waals surface area contributed by atoms with Gasteiger partial charge in [-0.1, -0.05) is 18.2 Å². The van der Waals surface area contributed by atoms with Crippen molar-refractivity contribution >= 4 is 11.4 Å². The molecule has 0 amide bonds. The molecular formula is C26H28N3O2+. The first-order valence-corrected chi connectivity index (χ1v) is 11.2. The molecule has 1 aliphatic carbocycles. The van der Waals surface area contributed by atoms with Crippen molar-refractivity contribution in [3.8, 4) is 6.07 Å². The maximum Gasteiger partial charge on any atom is 0.344 e. The summed E-state index contributed by atoms with van der Waals surface area (Å²) in [5.74, 6) is 0.931. The molecule has 0 atom stereocenters. The third-order valence-corrected chi connectivity index (χ3v) is 6.35. The van der Waals surface area contributed by atoms with E-state index in [1.165, 1.54) is 22.4 Å². The first kappa shape index (κ1) is 20.0. The molecule has 3 aliphatic heterocycles. The zero-order valence-electron chi connectivity index (χ0n) is 17.8. The van der Waals surface area contributed by atoms with Gasteiger partial charge in [-0.2, -0.15) is 5.26 Å². The molecule has 1 saturated heterocycles. The van der Waals surface area contributed by atoms with E-state index in [1.54, 1.807) is 0 Å². The molecular weight excluding hydrogens is 386 g/mol. The van der Waals surface area contributed by atoms with Crippen LogP contribution in [0.1, 0.15) is 24.0 Å². The van der Waals surface area contributed by atoms with Gasteiger partial charge >= 0.3 is 5.78 Å². The number of nitrogens with zero attached hydrogens (tertiary/aromatic N) is 3. The number of carbonyl (C=O) groups excluding carboxylic acids is 1. The van der Waals surface area contributed by atoms with Gasteiger partial charge in [0, 0.05) is 56.5 Å². The molecule has 1 fully saturated rings. The van der Waals surface area contributed by atoms with Gasteiger partial charge in [0.2, 0.25) is 0 Å². The van der Waals surface area contributed by atoms with Gasteiger partial charge in [-0.15, -0.1) is 0 Å². The van der Waals surface area contributed by atoms with Crippen LogP contribution in [-0.2, 0) is 9.16 Å². The van der Waals surface area contributed by atoms with Crippen LogP contribution in [0, 0.1) is 11.3 Å². The molecule has 5 nitrogen and oxygen atoms in total. The summed E-state index contributed by atoms with van der Waals surface area (Å²) in [6, 6.07) is 10.2. The molecule has 158 valence electrons. The molecule has 5 heteroatoms. The largest absolute Gasteiger partial charge is 0.379 e. The normalized spacial score (nSPS) is 22.2. The van der Waals surface area contributed by atoms with Crippen LogP contribution in [0.3, 0.4) is 0 Å². The number of benzene rings is 1. The van der Waals surface area contributed by atoms with Gasteiger partial charge in [-0.3, -0.25) is 9.32 Å². The molecule has 3 heterocycles. The maximum absolute atomic E-state index is 9.32. The van der Waals surface area contributed by atoms with Gasteiger partial charge in [-0.05, 0) is 41.3 Å². The number of hydrogen-bond acceptors (Lipinski definition) is 4. The highest BCUT2D eigenvalue weighted by atomic mass is 16.5. The molecule has 0 radical (unpaired) electrons. The zero-order chi connectivity index (χ0) is 21.0. The first-order chi connectivity index (χ1) is 15.3. The van der Waals surface area contributed by atoms with Gasteiger partial charge < -0.3 is 9.64 Å². The van der Waals surface area contributed by atoms with E-state index in [-0.39, 0.29) is 0 Å². The van der Waals surface area contributed by atoms with Crippen molar-refractivity contribution in [3.05, 3.63) is 76.5 Å². The van der Waals surface area contributed by atoms with Crippen molar-refractivity contribution in [2.75, 3.05) is 52.5 Å². The maximum atomic E-state index is 9.32. The van der Waals surface area contributed by atoms with Crippen LogP contribution >= 0.6 is 0 Å². The first-order valence-electron chi connectivity index (χ1n) is 11.2. The van der Waals surface area contributed by atoms with Crippen molar-refractivity contribution in [2.45, 2.75) is 12.8 Å². The van der Waals surface area contributed by atoms with E-state index in [2.05, 4.69) is 46.2 Å². The Bertz CT molecular complexity index is 1050. The lowest BCUT2D eigenvalue weighted by Gasteiger charge is -2.33. The minimum atomic E-state index is 0.703. The summed E-state index contributed by atoms with van der Waals surface area (Å²) < 4.78 is 11.5. The molecule has 0 aromatic heterocycles. The van der Waals surface area contributed by atoms with Crippen LogP contribution in [0.2, 0.25) is 0 Å². The van der Waals surface area contributed by atoms with E-state index in [4.69, 9.17) is 9.16 Å². The van der Waals surface area contributed by atoms with Crippen LogP contribution < -0.4 is 0 Å². The minimum Gasteiger partial charge on any atom is -0.379 e. The summed E-state index contributed by atoms with van der Waals surface area (Å²) in [6.45, 7) is 7.43. The fraction of sp³-hybridized carbons (Fsp3) is 0.385. The fourth-order valence-electron chi connectivity index (χ4n) is 4.74. The Morgan fingerprint density at radius 2 is 2.03 bits per heavy atom. The molecule has 0 bridgehead atoms. The van der Waals surface area contributed by atoms with Crippen molar-refractivity contribution in [3.63, 3.8) is 0 Å². The Morgan fingerprint density at radius 1 is 1.13 bits per heavy atom. The smallest absolute Gasteiger partial charge is 0.344 e. The molecule has 1 aromatic carbocycles. The lowest BCUT2D eigenvalue weighted by molar-refractivity contribution is -0.456. The average molecular weight is 415 g/mol. The standard InChI is InChI=1S/C26H28N3O2/c27-18-20-4-1-5-21(16-20)25-19-29-10-2-6-26(29)24-17-22(7-8-23(24)25)31-13-3-9-28-11-14-30-15-12-28/h1,4-8,16-17H,2-3,9-15,19H2/q+1. The Hall–Kier alpha value is -2.94. The number of rotatable bonds is 5. The predicted molar refractivity (Wildman–Crippen MR) is 121 cm³/mol. The quantitative estimate of drug-likeness (QED) is 0.548.